The van der Waals surface area contributed by atoms with Gasteiger partial charge in [-0.05, 0) is 24.6 Å². The highest BCUT2D eigenvalue weighted by atomic mass is 32.2. The summed E-state index contributed by atoms with van der Waals surface area (Å²) < 4.78 is 41.3. The first-order valence-electron chi connectivity index (χ1n) is 6.48. The Balaban J connectivity index is 1.86. The van der Waals surface area contributed by atoms with Gasteiger partial charge in [0.1, 0.15) is 17.3 Å². The lowest BCUT2D eigenvalue weighted by Crippen LogP contribution is -2.30. The minimum atomic E-state index is -3.64. The third kappa shape index (κ3) is 4.96. The predicted octanol–water partition coefficient (Wildman–Crippen LogP) is 1.35. The van der Waals surface area contributed by atoms with E-state index in [4.69, 9.17) is 4.52 Å². The number of carbonyl (C=O) groups excluding carboxylic acids is 1. The van der Waals surface area contributed by atoms with Crippen molar-refractivity contribution in [3.63, 3.8) is 0 Å². The van der Waals surface area contributed by atoms with Gasteiger partial charge in [0, 0.05) is 12.6 Å². The minimum absolute atomic E-state index is 0.135. The minimum Gasteiger partial charge on any atom is -0.360 e. The number of sulfone groups is 1. The van der Waals surface area contributed by atoms with E-state index in [2.05, 4.69) is 10.5 Å². The average Bonchev–Trinajstić information content (AvgIpc) is 2.82. The molecule has 0 saturated heterocycles. The normalized spacial score (nSPS) is 11.4. The summed E-state index contributed by atoms with van der Waals surface area (Å²) in [4.78, 5) is 11.7. The molecule has 0 aliphatic rings. The molecule has 0 unspecified atom stereocenters. The first-order valence-corrected chi connectivity index (χ1v) is 8.30. The van der Waals surface area contributed by atoms with E-state index in [0.29, 0.717) is 11.3 Å². The molecule has 0 atom stereocenters. The number of rotatable bonds is 6. The van der Waals surface area contributed by atoms with Gasteiger partial charge >= 0.3 is 0 Å². The smallest absolute Gasteiger partial charge is 0.235 e. The molecule has 1 aromatic heterocycles. The number of aryl methyl sites for hydroxylation is 1. The topological polar surface area (TPSA) is 89.3 Å². The molecule has 118 valence electrons. The molecule has 8 heteroatoms. The first-order chi connectivity index (χ1) is 10.3. The average molecular weight is 326 g/mol. The van der Waals surface area contributed by atoms with Crippen LogP contribution < -0.4 is 5.32 Å². The zero-order valence-corrected chi connectivity index (χ0v) is 12.7. The highest BCUT2D eigenvalue weighted by molar-refractivity contribution is 7.91. The van der Waals surface area contributed by atoms with Gasteiger partial charge in [-0.15, -0.1) is 0 Å². The van der Waals surface area contributed by atoms with E-state index in [1.807, 2.05) is 0 Å². The Bertz CT molecular complexity index is 753. The molecule has 22 heavy (non-hydrogen) atoms. The van der Waals surface area contributed by atoms with Crippen molar-refractivity contribution >= 4 is 15.7 Å². The molecule has 0 spiro atoms. The fourth-order valence-corrected chi connectivity index (χ4v) is 2.98. The summed E-state index contributed by atoms with van der Waals surface area (Å²) in [7, 11) is -3.64. The van der Waals surface area contributed by atoms with Crippen LogP contribution in [0.2, 0.25) is 0 Å². The third-order valence-electron chi connectivity index (χ3n) is 2.79. The maximum absolute atomic E-state index is 12.7. The summed E-state index contributed by atoms with van der Waals surface area (Å²) in [6.45, 7) is 1.81. The number of hydrogen-bond acceptors (Lipinski definition) is 5. The SMILES string of the molecule is Cc1cc(CS(=O)(=O)CC(=O)NCc2ccc(F)cc2)on1. The number of hydrogen-bond donors (Lipinski definition) is 1. The quantitative estimate of drug-likeness (QED) is 0.865. The van der Waals surface area contributed by atoms with Crippen LogP contribution in [-0.4, -0.2) is 25.2 Å². The highest BCUT2D eigenvalue weighted by Gasteiger charge is 2.19. The van der Waals surface area contributed by atoms with Crippen LogP contribution >= 0.6 is 0 Å². The van der Waals surface area contributed by atoms with Crippen molar-refractivity contribution in [1.82, 2.24) is 10.5 Å². The lowest BCUT2D eigenvalue weighted by atomic mass is 10.2. The lowest BCUT2D eigenvalue weighted by molar-refractivity contribution is -0.118. The molecule has 1 amide bonds. The number of amides is 1. The molecule has 0 aliphatic heterocycles. The molecule has 2 aromatic rings. The Labute approximate surface area is 127 Å². The summed E-state index contributed by atoms with van der Waals surface area (Å²) in [5.41, 5.74) is 1.25. The van der Waals surface area contributed by atoms with E-state index < -0.39 is 21.5 Å². The predicted molar refractivity (Wildman–Crippen MR) is 77.0 cm³/mol. The van der Waals surface area contributed by atoms with Crippen molar-refractivity contribution < 1.29 is 22.1 Å². The summed E-state index contributed by atoms with van der Waals surface area (Å²) in [6, 6.07) is 7.08. The third-order valence-corrected chi connectivity index (χ3v) is 4.22. The van der Waals surface area contributed by atoms with Crippen LogP contribution in [0, 0.1) is 12.7 Å². The fourth-order valence-electron chi connectivity index (χ4n) is 1.81. The van der Waals surface area contributed by atoms with Gasteiger partial charge in [-0.1, -0.05) is 17.3 Å². The van der Waals surface area contributed by atoms with E-state index in [1.165, 1.54) is 30.3 Å². The number of benzene rings is 1. The molecule has 0 aliphatic carbocycles. The van der Waals surface area contributed by atoms with Crippen LogP contribution in [0.5, 0.6) is 0 Å². The van der Waals surface area contributed by atoms with Gasteiger partial charge in [-0.2, -0.15) is 0 Å². The van der Waals surface area contributed by atoms with Crippen LogP contribution in [0.3, 0.4) is 0 Å². The van der Waals surface area contributed by atoms with Crippen molar-refractivity contribution in [3.8, 4) is 0 Å². The Morgan fingerprint density at radius 3 is 2.59 bits per heavy atom. The summed E-state index contributed by atoms with van der Waals surface area (Å²) in [5.74, 6) is -1.82. The van der Waals surface area contributed by atoms with E-state index in [-0.39, 0.29) is 23.9 Å². The molecule has 1 aromatic carbocycles. The molecule has 0 bridgehead atoms. The fraction of sp³-hybridized carbons (Fsp3) is 0.286. The van der Waals surface area contributed by atoms with Gasteiger partial charge in [0.15, 0.2) is 15.6 Å². The Hall–Kier alpha value is -2.22. The largest absolute Gasteiger partial charge is 0.360 e. The summed E-state index contributed by atoms with van der Waals surface area (Å²) in [5, 5.41) is 6.07. The molecule has 0 radical (unpaired) electrons. The zero-order chi connectivity index (χ0) is 16.2. The number of halogens is 1. The molecule has 0 saturated carbocycles. The molecule has 2 rings (SSSR count). The van der Waals surface area contributed by atoms with Gasteiger partial charge < -0.3 is 9.84 Å². The highest BCUT2D eigenvalue weighted by Crippen LogP contribution is 2.08. The van der Waals surface area contributed by atoms with Crippen molar-refractivity contribution in [2.75, 3.05) is 5.75 Å². The molecule has 1 heterocycles. The summed E-state index contributed by atoms with van der Waals surface area (Å²) in [6.07, 6.45) is 0. The van der Waals surface area contributed by atoms with Gasteiger partial charge in [-0.3, -0.25) is 4.79 Å². The van der Waals surface area contributed by atoms with Crippen LogP contribution in [0.25, 0.3) is 0 Å². The maximum Gasteiger partial charge on any atom is 0.235 e. The summed E-state index contributed by atoms with van der Waals surface area (Å²) >= 11 is 0. The van der Waals surface area contributed by atoms with Crippen molar-refractivity contribution in [3.05, 3.63) is 53.2 Å². The molecule has 6 nitrogen and oxygen atoms in total. The van der Waals surface area contributed by atoms with Crippen LogP contribution in [-0.2, 0) is 26.9 Å². The zero-order valence-electron chi connectivity index (χ0n) is 11.9. The van der Waals surface area contributed by atoms with Gasteiger partial charge in [0.25, 0.3) is 0 Å². The second-order valence-corrected chi connectivity index (χ2v) is 6.93. The van der Waals surface area contributed by atoms with Crippen LogP contribution in [0.4, 0.5) is 4.39 Å². The van der Waals surface area contributed by atoms with Crippen molar-refractivity contribution in [1.29, 1.82) is 0 Å². The lowest BCUT2D eigenvalue weighted by Gasteiger charge is -2.05. The Morgan fingerprint density at radius 1 is 1.32 bits per heavy atom. The Morgan fingerprint density at radius 2 is 2.00 bits per heavy atom. The van der Waals surface area contributed by atoms with E-state index in [0.717, 1.165) is 0 Å². The van der Waals surface area contributed by atoms with Gasteiger partial charge in [0.2, 0.25) is 5.91 Å². The van der Waals surface area contributed by atoms with Gasteiger partial charge in [0.05, 0.1) is 5.69 Å². The van der Waals surface area contributed by atoms with Gasteiger partial charge in [-0.25, -0.2) is 12.8 Å². The monoisotopic (exact) mass is 326 g/mol. The molecular weight excluding hydrogens is 311 g/mol. The van der Waals surface area contributed by atoms with E-state index in [1.54, 1.807) is 6.92 Å². The van der Waals surface area contributed by atoms with E-state index >= 15 is 0 Å². The second kappa shape index (κ2) is 6.69. The standard InChI is InChI=1S/C14H15FN2O4S/c1-10-6-13(21-17-10)8-22(19,20)9-14(18)16-7-11-2-4-12(15)5-3-11/h2-6H,7-9H2,1H3,(H,16,18). The second-order valence-electron chi connectivity index (χ2n) is 4.87. The van der Waals surface area contributed by atoms with E-state index in [9.17, 15) is 17.6 Å². The first kappa shape index (κ1) is 16.2. The number of carbonyl (C=O) groups is 1. The number of nitrogens with zero attached hydrogens (tertiary/aromatic N) is 1. The molecular formula is C14H15FN2O4S. The van der Waals surface area contributed by atoms with Crippen LogP contribution in [0.1, 0.15) is 17.0 Å². The Kier molecular flexibility index (Phi) is 4.92. The van der Waals surface area contributed by atoms with Crippen molar-refractivity contribution in [2.45, 2.75) is 19.2 Å². The number of aromatic nitrogens is 1. The van der Waals surface area contributed by atoms with Crippen molar-refractivity contribution in [2.24, 2.45) is 0 Å². The maximum atomic E-state index is 12.7. The number of nitrogens with one attached hydrogen (secondary N) is 1. The molecule has 0 fully saturated rings. The van der Waals surface area contributed by atoms with Crippen LogP contribution in [0.15, 0.2) is 34.9 Å². The molecule has 1 N–H and O–H groups in total.